The van der Waals surface area contributed by atoms with Crippen LogP contribution in [0.4, 0.5) is 0 Å². The highest BCUT2D eigenvalue weighted by Crippen LogP contribution is 2.08. The molecule has 98 valence electrons. The van der Waals surface area contributed by atoms with Crippen molar-refractivity contribution < 1.29 is 4.84 Å². The van der Waals surface area contributed by atoms with Crippen LogP contribution in [-0.2, 0) is 4.84 Å². The third kappa shape index (κ3) is 4.27. The third-order valence-corrected chi connectivity index (χ3v) is 3.28. The van der Waals surface area contributed by atoms with Crippen LogP contribution in [0.5, 0.6) is 0 Å². The Morgan fingerprint density at radius 2 is 2.22 bits per heavy atom. The van der Waals surface area contributed by atoms with Gasteiger partial charge in [-0.2, -0.15) is 0 Å². The van der Waals surface area contributed by atoms with Gasteiger partial charge in [0.25, 0.3) is 0 Å². The second kappa shape index (κ2) is 7.34. The van der Waals surface area contributed by atoms with Crippen LogP contribution in [0.1, 0.15) is 24.8 Å². The summed E-state index contributed by atoms with van der Waals surface area (Å²) in [4.78, 5) is 11.6. The SMILES string of the molecule is ClC(=NOCCN1CCCCC1)c1cccnc1. The van der Waals surface area contributed by atoms with Crippen LogP contribution in [0, 0.1) is 0 Å². The van der Waals surface area contributed by atoms with Crippen molar-refractivity contribution in [1.29, 1.82) is 0 Å². The smallest absolute Gasteiger partial charge is 0.177 e. The summed E-state index contributed by atoms with van der Waals surface area (Å²) >= 11 is 6.00. The zero-order chi connectivity index (χ0) is 12.6. The maximum absolute atomic E-state index is 6.00. The van der Waals surface area contributed by atoms with Gasteiger partial charge in [0, 0.05) is 24.5 Å². The molecule has 5 heteroatoms. The standard InChI is InChI=1S/C13H18ClN3O/c14-13(12-5-4-6-15-11-12)16-18-10-9-17-7-2-1-3-8-17/h4-6,11H,1-3,7-10H2. The van der Waals surface area contributed by atoms with Crippen molar-refractivity contribution in [3.8, 4) is 0 Å². The minimum atomic E-state index is 0.349. The van der Waals surface area contributed by atoms with E-state index in [1.165, 1.54) is 32.4 Å². The lowest BCUT2D eigenvalue weighted by atomic mass is 10.1. The van der Waals surface area contributed by atoms with Crippen molar-refractivity contribution in [1.82, 2.24) is 9.88 Å². The van der Waals surface area contributed by atoms with Gasteiger partial charge >= 0.3 is 0 Å². The van der Waals surface area contributed by atoms with Crippen molar-refractivity contribution in [3.05, 3.63) is 30.1 Å². The summed E-state index contributed by atoms with van der Waals surface area (Å²) in [5, 5.41) is 4.24. The molecule has 0 bridgehead atoms. The van der Waals surface area contributed by atoms with E-state index in [0.717, 1.165) is 12.1 Å². The molecule has 0 radical (unpaired) electrons. The van der Waals surface area contributed by atoms with Gasteiger partial charge in [-0.15, -0.1) is 0 Å². The largest absolute Gasteiger partial charge is 0.393 e. The van der Waals surface area contributed by atoms with Crippen molar-refractivity contribution in [2.24, 2.45) is 5.16 Å². The van der Waals surface area contributed by atoms with Crippen molar-refractivity contribution in [3.63, 3.8) is 0 Å². The second-order valence-corrected chi connectivity index (χ2v) is 4.72. The topological polar surface area (TPSA) is 37.7 Å². The summed E-state index contributed by atoms with van der Waals surface area (Å²) in [6, 6.07) is 3.67. The first-order valence-corrected chi connectivity index (χ1v) is 6.72. The average molecular weight is 268 g/mol. The molecular weight excluding hydrogens is 250 g/mol. The van der Waals surface area contributed by atoms with Gasteiger partial charge in [-0.1, -0.05) is 23.2 Å². The highest BCUT2D eigenvalue weighted by atomic mass is 35.5. The fourth-order valence-corrected chi connectivity index (χ4v) is 2.15. The van der Waals surface area contributed by atoms with E-state index in [4.69, 9.17) is 16.4 Å². The van der Waals surface area contributed by atoms with E-state index in [1.54, 1.807) is 12.4 Å². The Balaban J connectivity index is 1.70. The van der Waals surface area contributed by atoms with E-state index in [0.29, 0.717) is 11.8 Å². The van der Waals surface area contributed by atoms with Crippen LogP contribution in [0.2, 0.25) is 0 Å². The van der Waals surface area contributed by atoms with Crippen molar-refractivity contribution in [2.45, 2.75) is 19.3 Å². The molecule has 1 aliphatic rings. The molecule has 1 fully saturated rings. The fraction of sp³-hybridized carbons (Fsp3) is 0.538. The predicted molar refractivity (Wildman–Crippen MR) is 72.9 cm³/mol. The van der Waals surface area contributed by atoms with E-state index < -0.39 is 0 Å². The Morgan fingerprint density at radius 1 is 1.39 bits per heavy atom. The molecule has 18 heavy (non-hydrogen) atoms. The van der Waals surface area contributed by atoms with Gasteiger partial charge in [0.2, 0.25) is 0 Å². The minimum Gasteiger partial charge on any atom is -0.393 e. The monoisotopic (exact) mass is 267 g/mol. The normalized spacial score (nSPS) is 17.7. The van der Waals surface area contributed by atoms with Gasteiger partial charge in [-0.25, -0.2) is 0 Å². The van der Waals surface area contributed by atoms with Crippen LogP contribution in [0.3, 0.4) is 0 Å². The second-order valence-electron chi connectivity index (χ2n) is 4.36. The van der Waals surface area contributed by atoms with E-state index >= 15 is 0 Å². The Bertz CT molecular complexity index is 377. The molecule has 1 aromatic rings. The van der Waals surface area contributed by atoms with Crippen LogP contribution in [-0.4, -0.2) is 41.3 Å². The molecule has 0 N–H and O–H groups in total. The molecule has 4 nitrogen and oxygen atoms in total. The number of nitrogens with zero attached hydrogens (tertiary/aromatic N) is 3. The summed E-state index contributed by atoms with van der Waals surface area (Å²) in [5.74, 6) is 0. The number of pyridine rings is 1. The number of halogens is 1. The summed E-state index contributed by atoms with van der Waals surface area (Å²) in [6.07, 6.45) is 7.30. The molecular formula is C13H18ClN3O. The minimum absolute atomic E-state index is 0.349. The molecule has 2 heterocycles. The Morgan fingerprint density at radius 3 is 2.94 bits per heavy atom. The number of aromatic nitrogens is 1. The maximum atomic E-state index is 6.00. The first-order valence-electron chi connectivity index (χ1n) is 6.34. The van der Waals surface area contributed by atoms with Gasteiger partial charge in [-0.05, 0) is 38.1 Å². The number of likely N-dealkylation sites (tertiary alicyclic amines) is 1. The Kier molecular flexibility index (Phi) is 5.42. The van der Waals surface area contributed by atoms with E-state index in [9.17, 15) is 0 Å². The number of oxime groups is 1. The van der Waals surface area contributed by atoms with E-state index in [1.807, 2.05) is 12.1 Å². The quantitative estimate of drug-likeness (QED) is 0.467. The molecule has 1 aliphatic heterocycles. The van der Waals surface area contributed by atoms with E-state index in [2.05, 4.69) is 15.0 Å². The fourth-order valence-electron chi connectivity index (χ4n) is 1.99. The first kappa shape index (κ1) is 13.3. The molecule has 0 spiro atoms. The number of hydrogen-bond donors (Lipinski definition) is 0. The van der Waals surface area contributed by atoms with Gasteiger partial charge in [0.1, 0.15) is 6.61 Å². The zero-order valence-electron chi connectivity index (χ0n) is 10.4. The van der Waals surface area contributed by atoms with Crippen molar-refractivity contribution >= 4 is 16.8 Å². The van der Waals surface area contributed by atoms with Crippen LogP contribution >= 0.6 is 11.6 Å². The molecule has 0 amide bonds. The molecule has 0 aromatic carbocycles. The molecule has 0 aliphatic carbocycles. The zero-order valence-corrected chi connectivity index (χ0v) is 11.1. The van der Waals surface area contributed by atoms with Crippen LogP contribution in [0.25, 0.3) is 0 Å². The van der Waals surface area contributed by atoms with Gasteiger partial charge in [0.05, 0.1) is 0 Å². The number of piperidine rings is 1. The summed E-state index contributed by atoms with van der Waals surface area (Å²) in [5.41, 5.74) is 0.775. The molecule has 2 rings (SSSR count). The third-order valence-electron chi connectivity index (χ3n) is 2.99. The lowest BCUT2D eigenvalue weighted by molar-refractivity contribution is 0.103. The molecule has 0 atom stereocenters. The molecule has 0 saturated carbocycles. The maximum Gasteiger partial charge on any atom is 0.177 e. The van der Waals surface area contributed by atoms with Gasteiger partial charge < -0.3 is 4.84 Å². The lowest BCUT2D eigenvalue weighted by Gasteiger charge is -2.25. The molecule has 1 aromatic heterocycles. The molecule has 1 saturated heterocycles. The predicted octanol–water partition coefficient (Wildman–Crippen LogP) is 2.48. The Hall–Kier alpha value is -1.13. The summed E-state index contributed by atoms with van der Waals surface area (Å²) in [6.45, 7) is 3.84. The van der Waals surface area contributed by atoms with E-state index in [-0.39, 0.29) is 0 Å². The molecule has 0 unspecified atom stereocenters. The van der Waals surface area contributed by atoms with Crippen molar-refractivity contribution in [2.75, 3.05) is 26.2 Å². The number of hydrogen-bond acceptors (Lipinski definition) is 4. The highest BCUT2D eigenvalue weighted by molar-refractivity contribution is 6.69. The lowest BCUT2D eigenvalue weighted by Crippen LogP contribution is -2.32. The highest BCUT2D eigenvalue weighted by Gasteiger charge is 2.09. The summed E-state index contributed by atoms with van der Waals surface area (Å²) < 4.78 is 0. The first-order chi connectivity index (χ1) is 8.86. The van der Waals surface area contributed by atoms with Gasteiger partial charge in [0.15, 0.2) is 5.17 Å². The van der Waals surface area contributed by atoms with Crippen LogP contribution < -0.4 is 0 Å². The summed E-state index contributed by atoms with van der Waals surface area (Å²) in [7, 11) is 0. The Labute approximate surface area is 113 Å². The average Bonchev–Trinajstić information content (AvgIpc) is 2.45. The van der Waals surface area contributed by atoms with Gasteiger partial charge in [-0.3, -0.25) is 9.88 Å². The van der Waals surface area contributed by atoms with Crippen LogP contribution in [0.15, 0.2) is 29.7 Å². The number of rotatable bonds is 5.